The van der Waals surface area contributed by atoms with E-state index in [-0.39, 0.29) is 112 Å². The van der Waals surface area contributed by atoms with E-state index in [1.54, 1.807) is 0 Å². The molecule has 28 nitrogen and oxygen atoms in total. The Balaban J connectivity index is 0.970. The number of rotatable bonds is 17. The molecule has 107 heavy (non-hydrogen) atoms. The predicted octanol–water partition coefficient (Wildman–Crippen LogP) is 0.698. The number of hydrogen-bond acceptors (Lipinski definition) is 19. The van der Waals surface area contributed by atoms with Crippen molar-refractivity contribution in [3.8, 4) is 0 Å². The lowest BCUT2D eigenvalue weighted by Crippen LogP contribution is -2.61. The number of thioether (sulfide) groups is 2. The highest BCUT2D eigenvalue weighted by Gasteiger charge is 2.48. The number of carboxylic acid groups (broad SMARTS) is 1. The molecule has 32 heteroatoms. The third kappa shape index (κ3) is 24.5. The third-order valence-corrected chi connectivity index (χ3v) is 25.0. The van der Waals surface area contributed by atoms with Crippen LogP contribution >= 0.6 is 23.5 Å². The number of aliphatic carboxylic acids is 1. The van der Waals surface area contributed by atoms with Gasteiger partial charge in [-0.1, -0.05) is 54.6 Å². The zero-order valence-electron chi connectivity index (χ0n) is 60.9. The summed E-state index contributed by atoms with van der Waals surface area (Å²) in [6.07, 6.45) is 1.74. The van der Waals surface area contributed by atoms with E-state index in [1.807, 2.05) is 54.6 Å². The van der Waals surface area contributed by atoms with Crippen LogP contribution in [0, 0.1) is 35.5 Å². The first kappa shape index (κ1) is 82.4. The number of hydrogen-bond donors (Lipinski definition) is 16. The van der Waals surface area contributed by atoms with Crippen molar-refractivity contribution in [3.05, 3.63) is 71.3 Å². The van der Waals surface area contributed by atoms with Gasteiger partial charge in [-0.25, -0.2) is 8.78 Å². The van der Waals surface area contributed by atoms with Gasteiger partial charge in [-0.3, -0.25) is 52.7 Å². The molecular formula is C75H111F2N15O13S2. The van der Waals surface area contributed by atoms with Gasteiger partial charge in [-0.05, 0) is 194 Å². The molecule has 18 N–H and O–H groups in total. The van der Waals surface area contributed by atoms with E-state index < -0.39 is 157 Å². The summed E-state index contributed by atoms with van der Waals surface area (Å²) >= 11 is 2.86. The molecule has 9 unspecified atom stereocenters. The molecule has 0 aromatic heterocycles. The molecule has 0 spiro atoms. The number of amides is 10. The molecule has 5 heterocycles. The summed E-state index contributed by atoms with van der Waals surface area (Å²) in [6, 6.07) is 5.55. The van der Waals surface area contributed by atoms with Gasteiger partial charge in [0.25, 0.3) is 0 Å². The fourth-order valence-electron chi connectivity index (χ4n) is 17.2. The summed E-state index contributed by atoms with van der Waals surface area (Å²) in [5, 5.41) is 56.6. The summed E-state index contributed by atoms with van der Waals surface area (Å²) in [5.41, 5.74) is 14.7. The SMILES string of the molecule is NCCCC[C@@H]1NC(=O)CCSCc2cccc(c2)CSC[C@@H](C(N)=O)NC(=O)[C@@H]2C[C@@H](Cc3ccccc3)CN2C(=O)[C@H](CC2CCC(O)CC2)NC(=O)[C@H](CC2CNCN2)NC(=O)[C@H](CC(=O)O)NC(=O)[C@H](CC2CNC3CCC(F)CC23)NC(=O)[C@H](CC2CNC3CCC(F)CC23)NC(=O)CNC1=O. The van der Waals surface area contributed by atoms with Gasteiger partial charge >= 0.3 is 5.97 Å². The van der Waals surface area contributed by atoms with Crippen molar-refractivity contribution in [2.75, 3.05) is 57.4 Å². The second-order valence-electron chi connectivity index (χ2n) is 30.8. The highest BCUT2D eigenvalue weighted by atomic mass is 32.2. The lowest BCUT2D eigenvalue weighted by molar-refractivity contribution is -0.143. The van der Waals surface area contributed by atoms with Crippen LogP contribution in [-0.4, -0.2) is 223 Å². The van der Waals surface area contributed by atoms with Crippen LogP contribution in [0.4, 0.5) is 8.78 Å². The Kier molecular flexibility index (Phi) is 31.2. The first-order chi connectivity index (χ1) is 51.5. The van der Waals surface area contributed by atoms with Crippen LogP contribution in [0.1, 0.15) is 145 Å². The van der Waals surface area contributed by atoms with Crippen LogP contribution in [0.25, 0.3) is 0 Å². The quantitative estimate of drug-likeness (QED) is 0.0969. The van der Waals surface area contributed by atoms with Crippen molar-refractivity contribution in [1.82, 2.24) is 68.7 Å². The third-order valence-electron chi connectivity index (χ3n) is 22.9. The number of carboxylic acids is 1. The Labute approximate surface area is 632 Å². The Bertz CT molecular complexity index is 3380. The van der Waals surface area contributed by atoms with Crippen molar-refractivity contribution in [3.63, 3.8) is 0 Å². The monoisotopic (exact) mass is 1530 g/mol. The zero-order chi connectivity index (χ0) is 76.1. The summed E-state index contributed by atoms with van der Waals surface area (Å²) in [7, 11) is 0. The number of benzene rings is 2. The number of primary amides is 1. The topological polar surface area (TPSA) is 428 Å². The summed E-state index contributed by atoms with van der Waals surface area (Å²) in [5.74, 6) is -9.69. The largest absolute Gasteiger partial charge is 0.481 e. The molecule has 3 saturated carbocycles. The Morgan fingerprint density at radius 3 is 1.79 bits per heavy atom. The minimum Gasteiger partial charge on any atom is -0.481 e. The van der Waals surface area contributed by atoms with Crippen molar-refractivity contribution in [2.24, 2.45) is 47.0 Å². The number of nitrogens with two attached hydrogens (primary N) is 2. The summed E-state index contributed by atoms with van der Waals surface area (Å²) in [4.78, 5) is 161. The molecule has 590 valence electrons. The lowest BCUT2D eigenvalue weighted by Gasteiger charge is -2.34. The van der Waals surface area contributed by atoms with Gasteiger partial charge in [0.05, 0.1) is 19.1 Å². The van der Waals surface area contributed by atoms with E-state index in [0.717, 1.165) is 16.7 Å². The van der Waals surface area contributed by atoms with E-state index in [2.05, 4.69) is 63.8 Å². The molecule has 4 saturated heterocycles. The van der Waals surface area contributed by atoms with Crippen LogP contribution in [0.2, 0.25) is 0 Å². The number of carbonyl (C=O) groups excluding carboxylic acids is 10. The maximum Gasteiger partial charge on any atom is 0.305 e. The van der Waals surface area contributed by atoms with E-state index in [4.69, 9.17) is 11.5 Å². The van der Waals surface area contributed by atoms with Crippen LogP contribution in [0.15, 0.2) is 54.6 Å². The zero-order valence-corrected chi connectivity index (χ0v) is 62.6. The Hall–Kier alpha value is -7.07. The molecule has 2 aromatic rings. The van der Waals surface area contributed by atoms with Gasteiger partial charge in [0, 0.05) is 67.3 Å². The molecule has 3 aliphatic carbocycles. The maximum absolute atomic E-state index is 15.7. The molecule has 5 aliphatic heterocycles. The number of aliphatic hydroxyl groups is 1. The average molecular weight is 1530 g/mol. The standard InChI is InChI=1S/C75H111F2N15O13S2/c76-49-14-18-55-53(29-49)47(33-81-55)27-58-70(100)87-59(28-48-34-82-56-19-15-50(77)30-54(48)56)71(101)89-61(32-67(96)97)73(103)88-60(31-51-35-80-41-84-51)72(102)90-62(25-43-12-16-52(93)17-13-43)75(105)92-37-46(23-42-7-2-1-3-8-42)26-64(92)74(104)91-63(68(79)98)40-107-39-45-10-6-9-44(24-45)38-106-22-20-65(94)85-57(11-4-5-21-78)69(99)83-36-66(95)86-58/h1-3,6-10,24,43,46-64,80-82,84,93H,4-5,11-23,25-41,78H2,(H2,79,98)(H,83,99)(H,85,94)(H,86,95)(H,87,100)(H,88,103)(H,89,101)(H,90,102)(H,91,104)(H,96,97)/t43?,46-,47?,48?,49?,50?,51?,52?,53?,54?,55?,56?,57+,58+,59+,60+,61+,62+,63+,64+/m1/s1. The number of aliphatic hydroxyl groups excluding tert-OH is 1. The fraction of sp³-hybridized carbons (Fsp3) is 0.693. The van der Waals surface area contributed by atoms with Gasteiger partial charge < -0.3 is 90.4 Å². The van der Waals surface area contributed by atoms with Crippen molar-refractivity contribution >= 4 is 88.6 Å². The second-order valence-corrected chi connectivity index (χ2v) is 33.0. The van der Waals surface area contributed by atoms with Crippen molar-refractivity contribution in [1.29, 1.82) is 0 Å². The number of halogens is 2. The van der Waals surface area contributed by atoms with Gasteiger partial charge in [-0.2, -0.15) is 23.5 Å². The Morgan fingerprint density at radius 2 is 1.18 bits per heavy atom. The highest BCUT2D eigenvalue weighted by molar-refractivity contribution is 7.98. The molecule has 2 aromatic carbocycles. The summed E-state index contributed by atoms with van der Waals surface area (Å²) in [6.45, 7) is 1.09. The minimum absolute atomic E-state index is 0.0431. The molecule has 10 amide bonds. The second kappa shape index (κ2) is 40.6. The minimum atomic E-state index is -1.92. The van der Waals surface area contributed by atoms with Crippen LogP contribution in [0.3, 0.4) is 0 Å². The van der Waals surface area contributed by atoms with Crippen LogP contribution < -0.4 is 75.3 Å². The van der Waals surface area contributed by atoms with Crippen molar-refractivity contribution < 1.29 is 71.7 Å². The van der Waals surface area contributed by atoms with Gasteiger partial charge in [0.2, 0.25) is 59.1 Å². The number of nitrogens with zero attached hydrogens (tertiary/aromatic N) is 1. The van der Waals surface area contributed by atoms with Gasteiger partial charge in [-0.15, -0.1) is 0 Å². The molecule has 7 fully saturated rings. The predicted molar refractivity (Wildman–Crippen MR) is 399 cm³/mol. The smallest absolute Gasteiger partial charge is 0.305 e. The van der Waals surface area contributed by atoms with E-state index >= 15 is 32.8 Å². The molecule has 0 radical (unpaired) electrons. The first-order valence-electron chi connectivity index (χ1n) is 38.6. The van der Waals surface area contributed by atoms with Crippen LogP contribution in [0.5, 0.6) is 0 Å². The van der Waals surface area contributed by atoms with E-state index in [1.165, 1.54) is 28.4 Å². The Morgan fingerprint density at radius 1 is 0.579 bits per heavy atom. The number of carbonyl (C=O) groups is 11. The normalized spacial score (nSPS) is 34.0. The number of unbranched alkanes of at least 4 members (excludes halogenated alkanes) is 1. The first-order valence-corrected chi connectivity index (χ1v) is 40.9. The van der Waals surface area contributed by atoms with Gasteiger partial charge in [0.15, 0.2) is 0 Å². The van der Waals surface area contributed by atoms with E-state index in [9.17, 15) is 39.0 Å². The van der Waals surface area contributed by atoms with E-state index in [0.29, 0.717) is 121 Å². The lowest BCUT2D eigenvalue weighted by atomic mass is 9.76. The van der Waals surface area contributed by atoms with Gasteiger partial charge in [0.1, 0.15) is 60.7 Å². The molecule has 8 aliphatic rings. The summed E-state index contributed by atoms with van der Waals surface area (Å²) < 4.78 is 30.6. The number of fused-ring (bicyclic) bond motifs is 5. The molecular weight excluding hydrogens is 1420 g/mol. The van der Waals surface area contributed by atoms with Crippen molar-refractivity contribution in [2.45, 2.75) is 231 Å². The number of alkyl halides is 2. The fourth-order valence-corrected chi connectivity index (χ4v) is 19.1. The maximum atomic E-state index is 15.7. The molecule has 2 bridgehead atoms. The molecule has 18 atom stereocenters. The average Bonchev–Trinajstić information content (AvgIpc) is 1.70. The molecule has 10 rings (SSSR count). The highest BCUT2D eigenvalue weighted by Crippen LogP contribution is 2.40. The van der Waals surface area contributed by atoms with Crippen LogP contribution in [-0.2, 0) is 70.7 Å². The number of nitrogens with one attached hydrogen (secondary N) is 12.